The van der Waals surface area contributed by atoms with Crippen LogP contribution >= 0.6 is 0 Å². The van der Waals surface area contributed by atoms with Gasteiger partial charge in [-0.05, 0) is 19.9 Å². The second-order valence-corrected chi connectivity index (χ2v) is 5.30. The Morgan fingerprint density at radius 1 is 1.37 bits per heavy atom. The summed E-state index contributed by atoms with van der Waals surface area (Å²) < 4.78 is 2.11. The molecule has 0 unspecified atom stereocenters. The lowest BCUT2D eigenvalue weighted by atomic mass is 10.1. The molecule has 1 aromatic carbocycles. The Morgan fingerprint density at radius 3 is 3.00 bits per heavy atom. The maximum atomic E-state index is 4.79. The van der Waals surface area contributed by atoms with Gasteiger partial charge >= 0.3 is 0 Å². The first-order chi connectivity index (χ1) is 9.29. The van der Waals surface area contributed by atoms with Crippen molar-refractivity contribution in [2.24, 2.45) is 0 Å². The molecule has 4 heteroatoms. The first-order valence-electron chi connectivity index (χ1n) is 7.18. The molecule has 3 rings (SSSR count). The maximum Gasteiger partial charge on any atom is 0.0843 e. The molecule has 102 valence electrons. The normalized spacial score (nSPS) is 21.1. The number of rotatable bonds is 3. The van der Waals surface area contributed by atoms with Crippen molar-refractivity contribution in [3.8, 4) is 0 Å². The van der Waals surface area contributed by atoms with Gasteiger partial charge in [-0.3, -0.25) is 9.58 Å². The van der Waals surface area contributed by atoms with Gasteiger partial charge in [0.1, 0.15) is 0 Å². The predicted octanol–water partition coefficient (Wildman–Crippen LogP) is 1.85. The van der Waals surface area contributed by atoms with Crippen molar-refractivity contribution in [1.82, 2.24) is 20.0 Å². The maximum absolute atomic E-state index is 4.79. The average molecular weight is 258 g/mol. The van der Waals surface area contributed by atoms with E-state index < -0.39 is 0 Å². The monoisotopic (exact) mass is 258 g/mol. The van der Waals surface area contributed by atoms with E-state index in [1.165, 1.54) is 16.6 Å². The minimum absolute atomic E-state index is 0.583. The lowest BCUT2D eigenvalue weighted by Crippen LogP contribution is -2.49. The summed E-state index contributed by atoms with van der Waals surface area (Å²) in [6, 6.07) is 9.13. The van der Waals surface area contributed by atoms with Crippen molar-refractivity contribution in [3.05, 3.63) is 30.0 Å². The number of hydrogen-bond donors (Lipinski definition) is 1. The standard InChI is InChI=1S/C15H22N4/c1-3-19-15-7-5-4-6-13(15)14(17-19)11-18-9-8-16-10-12(18)2/h4-7,12,16H,3,8-11H2,1-2H3/t12-/m0/s1. The first-order valence-corrected chi connectivity index (χ1v) is 7.18. The molecular weight excluding hydrogens is 236 g/mol. The lowest BCUT2D eigenvalue weighted by molar-refractivity contribution is 0.164. The molecule has 0 bridgehead atoms. The van der Waals surface area contributed by atoms with Crippen LogP contribution in [0.1, 0.15) is 19.5 Å². The summed E-state index contributed by atoms with van der Waals surface area (Å²) in [5, 5.41) is 9.53. The van der Waals surface area contributed by atoms with Crippen LogP contribution in [0.5, 0.6) is 0 Å². The number of piperazine rings is 1. The summed E-state index contributed by atoms with van der Waals surface area (Å²) in [4.78, 5) is 2.52. The van der Waals surface area contributed by atoms with Crippen LogP contribution in [0.3, 0.4) is 0 Å². The lowest BCUT2D eigenvalue weighted by Gasteiger charge is -2.33. The molecule has 0 spiro atoms. The van der Waals surface area contributed by atoms with Gasteiger partial charge in [0.15, 0.2) is 0 Å². The van der Waals surface area contributed by atoms with Gasteiger partial charge in [0, 0.05) is 44.2 Å². The summed E-state index contributed by atoms with van der Waals surface area (Å²) in [5.41, 5.74) is 2.47. The molecule has 4 nitrogen and oxygen atoms in total. The topological polar surface area (TPSA) is 33.1 Å². The zero-order valence-electron chi connectivity index (χ0n) is 11.8. The molecule has 1 saturated heterocycles. The highest BCUT2D eigenvalue weighted by molar-refractivity contribution is 5.81. The van der Waals surface area contributed by atoms with Crippen molar-refractivity contribution in [3.63, 3.8) is 0 Å². The molecule has 1 aromatic heterocycles. The summed E-state index contributed by atoms with van der Waals surface area (Å²) in [7, 11) is 0. The van der Waals surface area contributed by atoms with Crippen LogP contribution in [0.4, 0.5) is 0 Å². The van der Waals surface area contributed by atoms with E-state index in [1.807, 2.05) is 0 Å². The van der Waals surface area contributed by atoms with E-state index in [0.29, 0.717) is 6.04 Å². The van der Waals surface area contributed by atoms with E-state index in [2.05, 4.69) is 53.0 Å². The highest BCUT2D eigenvalue weighted by Gasteiger charge is 2.20. The summed E-state index contributed by atoms with van der Waals surface area (Å²) in [6.45, 7) is 9.58. The highest BCUT2D eigenvalue weighted by Crippen LogP contribution is 2.20. The number of nitrogens with one attached hydrogen (secondary N) is 1. The van der Waals surface area contributed by atoms with Crippen LogP contribution in [0.2, 0.25) is 0 Å². The average Bonchev–Trinajstić information content (AvgIpc) is 2.80. The third-order valence-electron chi connectivity index (χ3n) is 4.03. The molecule has 2 heterocycles. The Balaban J connectivity index is 1.92. The van der Waals surface area contributed by atoms with Gasteiger partial charge in [-0.25, -0.2) is 0 Å². The van der Waals surface area contributed by atoms with Gasteiger partial charge < -0.3 is 5.32 Å². The molecule has 1 N–H and O–H groups in total. The molecule has 1 aliphatic rings. The van der Waals surface area contributed by atoms with Gasteiger partial charge in [0.05, 0.1) is 11.2 Å². The van der Waals surface area contributed by atoms with Crippen LogP contribution < -0.4 is 5.32 Å². The van der Waals surface area contributed by atoms with Crippen molar-refractivity contribution in [2.75, 3.05) is 19.6 Å². The number of fused-ring (bicyclic) bond motifs is 1. The van der Waals surface area contributed by atoms with Gasteiger partial charge in [0.2, 0.25) is 0 Å². The Kier molecular flexibility index (Phi) is 3.53. The van der Waals surface area contributed by atoms with E-state index in [0.717, 1.165) is 32.7 Å². The van der Waals surface area contributed by atoms with Crippen molar-refractivity contribution < 1.29 is 0 Å². The molecule has 0 amide bonds. The molecule has 0 saturated carbocycles. The number of benzene rings is 1. The number of nitrogens with zero attached hydrogens (tertiary/aromatic N) is 3. The third kappa shape index (κ3) is 2.38. The first kappa shape index (κ1) is 12.6. The molecule has 0 radical (unpaired) electrons. The Morgan fingerprint density at radius 2 is 2.21 bits per heavy atom. The largest absolute Gasteiger partial charge is 0.314 e. The van der Waals surface area contributed by atoms with Gasteiger partial charge in [-0.15, -0.1) is 0 Å². The molecule has 19 heavy (non-hydrogen) atoms. The van der Waals surface area contributed by atoms with Crippen molar-refractivity contribution in [1.29, 1.82) is 0 Å². The van der Waals surface area contributed by atoms with E-state index in [9.17, 15) is 0 Å². The predicted molar refractivity (Wildman–Crippen MR) is 78.1 cm³/mol. The summed E-state index contributed by atoms with van der Waals surface area (Å²) >= 11 is 0. The zero-order valence-corrected chi connectivity index (χ0v) is 11.8. The van der Waals surface area contributed by atoms with E-state index in [-0.39, 0.29) is 0 Å². The van der Waals surface area contributed by atoms with Crippen LogP contribution in [-0.4, -0.2) is 40.4 Å². The number of aromatic nitrogens is 2. The minimum Gasteiger partial charge on any atom is -0.314 e. The highest BCUT2D eigenvalue weighted by atomic mass is 15.3. The Bertz CT molecular complexity index is 560. The fourth-order valence-corrected chi connectivity index (χ4v) is 2.86. The number of hydrogen-bond acceptors (Lipinski definition) is 3. The van der Waals surface area contributed by atoms with E-state index >= 15 is 0 Å². The van der Waals surface area contributed by atoms with E-state index in [1.54, 1.807) is 0 Å². The Hall–Kier alpha value is -1.39. The quantitative estimate of drug-likeness (QED) is 0.912. The smallest absolute Gasteiger partial charge is 0.0843 e. The van der Waals surface area contributed by atoms with Crippen molar-refractivity contribution in [2.45, 2.75) is 33.0 Å². The Labute approximate surface area is 114 Å². The molecule has 1 fully saturated rings. The fourth-order valence-electron chi connectivity index (χ4n) is 2.86. The third-order valence-corrected chi connectivity index (χ3v) is 4.03. The number of para-hydroxylation sites is 1. The van der Waals surface area contributed by atoms with Crippen LogP contribution in [-0.2, 0) is 13.1 Å². The van der Waals surface area contributed by atoms with Gasteiger partial charge in [0.25, 0.3) is 0 Å². The molecule has 1 aliphatic heterocycles. The van der Waals surface area contributed by atoms with Crippen LogP contribution in [0.25, 0.3) is 10.9 Å². The molecule has 2 aromatic rings. The zero-order chi connectivity index (χ0) is 13.2. The molecule has 1 atom stereocenters. The van der Waals surface area contributed by atoms with Crippen LogP contribution in [0.15, 0.2) is 24.3 Å². The van der Waals surface area contributed by atoms with Crippen molar-refractivity contribution >= 4 is 10.9 Å². The summed E-state index contributed by atoms with van der Waals surface area (Å²) in [6.07, 6.45) is 0. The van der Waals surface area contributed by atoms with Crippen LogP contribution in [0, 0.1) is 0 Å². The van der Waals surface area contributed by atoms with Gasteiger partial charge in [-0.2, -0.15) is 5.10 Å². The fraction of sp³-hybridized carbons (Fsp3) is 0.533. The van der Waals surface area contributed by atoms with Gasteiger partial charge in [-0.1, -0.05) is 18.2 Å². The SMILES string of the molecule is CCn1nc(CN2CCNC[C@@H]2C)c2ccccc21. The second-order valence-electron chi connectivity index (χ2n) is 5.30. The van der Waals surface area contributed by atoms with E-state index in [4.69, 9.17) is 5.10 Å². The minimum atomic E-state index is 0.583. The summed E-state index contributed by atoms with van der Waals surface area (Å²) in [5.74, 6) is 0. The molecule has 0 aliphatic carbocycles. The molecular formula is C15H22N4. The number of aryl methyl sites for hydroxylation is 1. The second kappa shape index (κ2) is 5.31.